The summed E-state index contributed by atoms with van der Waals surface area (Å²) in [5, 5.41) is 5.21. The standard InChI is InChI=1S/C13H14IN3O3/c1-13(2)11(19)17(12(20)16-13)7-10(18)15-9-6-4-3-5-8(9)14/h3-6H,7H2,1-2H3,(H,15,18)(H,16,20). The van der Waals surface area contributed by atoms with Gasteiger partial charge in [0.25, 0.3) is 5.91 Å². The Hall–Kier alpha value is -1.64. The molecule has 1 fully saturated rings. The Morgan fingerprint density at radius 2 is 2.00 bits per heavy atom. The molecule has 0 aliphatic carbocycles. The van der Waals surface area contributed by atoms with Gasteiger partial charge in [-0.05, 0) is 48.6 Å². The Balaban J connectivity index is 2.04. The number of amides is 4. The number of halogens is 1. The molecule has 0 aromatic heterocycles. The van der Waals surface area contributed by atoms with Crippen molar-refractivity contribution in [3.05, 3.63) is 27.8 Å². The number of nitrogens with one attached hydrogen (secondary N) is 2. The minimum Gasteiger partial charge on any atom is -0.324 e. The molecule has 1 aliphatic rings. The fourth-order valence-electron chi connectivity index (χ4n) is 1.86. The van der Waals surface area contributed by atoms with Gasteiger partial charge in [0.05, 0.1) is 5.69 Å². The summed E-state index contributed by atoms with van der Waals surface area (Å²) in [6.45, 7) is 2.91. The van der Waals surface area contributed by atoms with Crippen LogP contribution in [0.15, 0.2) is 24.3 Å². The lowest BCUT2D eigenvalue weighted by molar-refractivity contribution is -0.132. The Bertz CT molecular complexity index is 586. The lowest BCUT2D eigenvalue weighted by Crippen LogP contribution is -2.41. The summed E-state index contributed by atoms with van der Waals surface area (Å²) >= 11 is 2.10. The van der Waals surface area contributed by atoms with Crippen LogP contribution < -0.4 is 10.6 Å². The molecule has 0 radical (unpaired) electrons. The van der Waals surface area contributed by atoms with E-state index in [1.54, 1.807) is 26.0 Å². The Labute approximate surface area is 130 Å². The van der Waals surface area contributed by atoms with Crippen molar-refractivity contribution in [3.8, 4) is 0 Å². The second-order valence-corrected chi connectivity index (χ2v) is 6.14. The number of hydrogen-bond acceptors (Lipinski definition) is 3. The quantitative estimate of drug-likeness (QED) is 0.611. The molecule has 20 heavy (non-hydrogen) atoms. The fraction of sp³-hybridized carbons (Fsp3) is 0.308. The van der Waals surface area contributed by atoms with Crippen LogP contribution in [0.4, 0.5) is 10.5 Å². The van der Waals surface area contributed by atoms with E-state index in [0.29, 0.717) is 5.69 Å². The van der Waals surface area contributed by atoms with Gasteiger partial charge in [-0.1, -0.05) is 12.1 Å². The molecule has 106 valence electrons. The molecule has 0 bridgehead atoms. The first-order valence-corrected chi connectivity index (χ1v) is 7.07. The average molecular weight is 387 g/mol. The molecule has 1 aromatic rings. The Kier molecular flexibility index (Phi) is 3.98. The van der Waals surface area contributed by atoms with E-state index in [4.69, 9.17) is 0 Å². The van der Waals surface area contributed by atoms with E-state index in [1.807, 2.05) is 12.1 Å². The van der Waals surface area contributed by atoms with Gasteiger partial charge in [-0.15, -0.1) is 0 Å². The third-order valence-electron chi connectivity index (χ3n) is 2.89. The van der Waals surface area contributed by atoms with Gasteiger partial charge in [-0.25, -0.2) is 4.79 Å². The molecular formula is C13H14IN3O3. The first kappa shape index (κ1) is 14.8. The van der Waals surface area contributed by atoms with E-state index in [9.17, 15) is 14.4 Å². The van der Waals surface area contributed by atoms with Crippen molar-refractivity contribution in [2.75, 3.05) is 11.9 Å². The molecule has 1 aliphatic heterocycles. The molecule has 0 atom stereocenters. The normalized spacial score (nSPS) is 17.1. The number of urea groups is 1. The van der Waals surface area contributed by atoms with Crippen LogP contribution in [-0.4, -0.2) is 34.8 Å². The molecule has 1 aromatic carbocycles. The zero-order chi connectivity index (χ0) is 14.9. The molecule has 1 saturated heterocycles. The van der Waals surface area contributed by atoms with Gasteiger partial charge < -0.3 is 10.6 Å². The van der Waals surface area contributed by atoms with Crippen molar-refractivity contribution >= 4 is 46.1 Å². The number of hydrogen-bond donors (Lipinski definition) is 2. The molecule has 0 spiro atoms. The highest BCUT2D eigenvalue weighted by Gasteiger charge is 2.44. The molecular weight excluding hydrogens is 373 g/mol. The lowest BCUT2D eigenvalue weighted by Gasteiger charge is -2.16. The van der Waals surface area contributed by atoms with Crippen LogP contribution in [0.1, 0.15) is 13.8 Å². The van der Waals surface area contributed by atoms with E-state index < -0.39 is 23.4 Å². The van der Waals surface area contributed by atoms with Gasteiger partial charge in [0.15, 0.2) is 0 Å². The van der Waals surface area contributed by atoms with Crippen molar-refractivity contribution in [1.82, 2.24) is 10.2 Å². The van der Waals surface area contributed by atoms with Gasteiger partial charge in [0.2, 0.25) is 5.91 Å². The van der Waals surface area contributed by atoms with Gasteiger partial charge >= 0.3 is 6.03 Å². The summed E-state index contributed by atoms with van der Waals surface area (Å²) in [6.07, 6.45) is 0. The van der Waals surface area contributed by atoms with E-state index in [2.05, 4.69) is 33.2 Å². The summed E-state index contributed by atoms with van der Waals surface area (Å²) in [4.78, 5) is 36.5. The van der Waals surface area contributed by atoms with Crippen LogP contribution in [0.3, 0.4) is 0 Å². The second-order valence-electron chi connectivity index (χ2n) is 4.97. The smallest absolute Gasteiger partial charge is 0.324 e. The molecule has 2 rings (SSSR count). The number of imide groups is 1. The first-order chi connectivity index (χ1) is 9.31. The zero-order valence-corrected chi connectivity index (χ0v) is 13.2. The number of nitrogens with zero attached hydrogens (tertiary/aromatic N) is 1. The van der Waals surface area contributed by atoms with Crippen LogP contribution in [0.5, 0.6) is 0 Å². The summed E-state index contributed by atoms with van der Waals surface area (Å²) in [5.74, 6) is -0.810. The topological polar surface area (TPSA) is 78.5 Å². The highest BCUT2D eigenvalue weighted by atomic mass is 127. The van der Waals surface area contributed by atoms with Crippen LogP contribution >= 0.6 is 22.6 Å². The molecule has 0 saturated carbocycles. The summed E-state index contributed by atoms with van der Waals surface area (Å²) in [5.41, 5.74) is -0.303. The SMILES string of the molecule is CC1(C)NC(=O)N(CC(=O)Nc2ccccc2I)C1=O. The number of para-hydroxylation sites is 1. The van der Waals surface area contributed by atoms with E-state index >= 15 is 0 Å². The predicted molar refractivity (Wildman–Crippen MR) is 82.1 cm³/mol. The van der Waals surface area contributed by atoms with E-state index in [-0.39, 0.29) is 6.54 Å². The molecule has 0 unspecified atom stereocenters. The van der Waals surface area contributed by atoms with Gasteiger partial charge in [0.1, 0.15) is 12.1 Å². The highest BCUT2D eigenvalue weighted by molar-refractivity contribution is 14.1. The molecule has 7 heteroatoms. The highest BCUT2D eigenvalue weighted by Crippen LogP contribution is 2.18. The first-order valence-electron chi connectivity index (χ1n) is 6.00. The van der Waals surface area contributed by atoms with Gasteiger partial charge in [0, 0.05) is 3.57 Å². The van der Waals surface area contributed by atoms with Crippen molar-refractivity contribution in [2.45, 2.75) is 19.4 Å². The van der Waals surface area contributed by atoms with Crippen molar-refractivity contribution in [1.29, 1.82) is 0 Å². The van der Waals surface area contributed by atoms with Crippen molar-refractivity contribution in [3.63, 3.8) is 0 Å². The molecule has 6 nitrogen and oxygen atoms in total. The van der Waals surface area contributed by atoms with Crippen molar-refractivity contribution in [2.24, 2.45) is 0 Å². The number of carbonyl (C=O) groups is 3. The maximum absolute atomic E-state index is 12.0. The minimum atomic E-state index is -0.960. The number of rotatable bonds is 3. The van der Waals surface area contributed by atoms with Gasteiger partial charge in [-0.2, -0.15) is 0 Å². The maximum atomic E-state index is 12.0. The third kappa shape index (κ3) is 2.92. The summed E-state index contributed by atoms with van der Waals surface area (Å²) < 4.78 is 0.885. The Morgan fingerprint density at radius 3 is 2.55 bits per heavy atom. The van der Waals surface area contributed by atoms with E-state index in [0.717, 1.165) is 8.47 Å². The largest absolute Gasteiger partial charge is 0.325 e. The number of anilines is 1. The van der Waals surface area contributed by atoms with Gasteiger partial charge in [-0.3, -0.25) is 14.5 Å². The lowest BCUT2D eigenvalue weighted by atomic mass is 10.1. The average Bonchev–Trinajstić information content (AvgIpc) is 2.55. The fourth-order valence-corrected chi connectivity index (χ4v) is 2.38. The second kappa shape index (κ2) is 5.39. The molecule has 1 heterocycles. The Morgan fingerprint density at radius 1 is 1.35 bits per heavy atom. The monoisotopic (exact) mass is 387 g/mol. The predicted octanol–water partition coefficient (Wildman–Crippen LogP) is 1.56. The van der Waals surface area contributed by atoms with Crippen LogP contribution in [0, 0.1) is 3.57 Å². The minimum absolute atomic E-state index is 0.293. The summed E-state index contributed by atoms with van der Waals surface area (Å²) in [6, 6.07) is 6.73. The maximum Gasteiger partial charge on any atom is 0.325 e. The zero-order valence-electron chi connectivity index (χ0n) is 11.1. The van der Waals surface area contributed by atoms with Crippen LogP contribution in [-0.2, 0) is 9.59 Å². The number of carbonyl (C=O) groups excluding carboxylic acids is 3. The summed E-state index contributed by atoms with van der Waals surface area (Å²) in [7, 11) is 0. The van der Waals surface area contributed by atoms with Crippen LogP contribution in [0.25, 0.3) is 0 Å². The third-order valence-corrected chi connectivity index (χ3v) is 3.83. The van der Waals surface area contributed by atoms with E-state index in [1.165, 1.54) is 0 Å². The van der Waals surface area contributed by atoms with Crippen LogP contribution in [0.2, 0.25) is 0 Å². The van der Waals surface area contributed by atoms with Crippen molar-refractivity contribution < 1.29 is 14.4 Å². The molecule has 2 N–H and O–H groups in total. The molecule has 4 amide bonds. The number of benzene rings is 1.